The van der Waals surface area contributed by atoms with Crippen molar-refractivity contribution in [3.05, 3.63) is 0 Å². The van der Waals surface area contributed by atoms with Crippen molar-refractivity contribution in [3.63, 3.8) is 0 Å². The van der Waals surface area contributed by atoms with Crippen LogP contribution in [0.4, 0.5) is 0 Å². The number of aliphatic hydroxyl groups is 7. The molecule has 0 radical (unpaired) electrons. The fourth-order valence-electron chi connectivity index (χ4n) is 3.14. The van der Waals surface area contributed by atoms with Gasteiger partial charge in [-0.3, -0.25) is 4.79 Å². The average Bonchev–Trinajstić information content (AvgIpc) is 2.89. The van der Waals surface area contributed by atoms with E-state index < -0.39 is 74.4 Å². The summed E-state index contributed by atoms with van der Waals surface area (Å²) < 4.78 is 16.1. The Labute approximate surface area is 149 Å². The number of ketones is 1. The minimum atomic E-state index is -1.75. The van der Waals surface area contributed by atoms with Gasteiger partial charge in [0.2, 0.25) is 0 Å². The van der Waals surface area contributed by atoms with Crippen LogP contribution >= 0.6 is 0 Å². The molecule has 0 amide bonds. The fourth-order valence-corrected chi connectivity index (χ4v) is 3.14. The fraction of sp³-hybridized carbons (Fsp3) is 0.933. The van der Waals surface area contributed by atoms with Gasteiger partial charge in [0.15, 0.2) is 6.29 Å². The van der Waals surface area contributed by atoms with Crippen LogP contribution in [-0.2, 0) is 19.0 Å². The molecule has 0 spiro atoms. The van der Waals surface area contributed by atoms with Crippen LogP contribution < -0.4 is 0 Å². The van der Waals surface area contributed by atoms with Gasteiger partial charge in [0.1, 0.15) is 54.6 Å². The molecule has 0 aromatic rings. The van der Waals surface area contributed by atoms with E-state index >= 15 is 0 Å². The molecule has 10 atom stereocenters. The lowest BCUT2D eigenvalue weighted by Gasteiger charge is -2.42. The second-order valence-corrected chi connectivity index (χ2v) is 6.58. The van der Waals surface area contributed by atoms with Crippen molar-refractivity contribution in [2.45, 2.75) is 74.6 Å². The smallest absolute Gasteiger partial charge is 0.187 e. The summed E-state index contributed by atoms with van der Waals surface area (Å²) in [5.74, 6) is -0.261. The van der Waals surface area contributed by atoms with Crippen molar-refractivity contribution in [1.82, 2.24) is 0 Å². The third kappa shape index (κ3) is 4.39. The molecule has 2 fully saturated rings. The molecule has 0 saturated carbocycles. The molecule has 2 aliphatic heterocycles. The maximum Gasteiger partial charge on any atom is 0.187 e. The minimum Gasteiger partial charge on any atom is -0.394 e. The van der Waals surface area contributed by atoms with Gasteiger partial charge in [-0.25, -0.2) is 0 Å². The van der Waals surface area contributed by atoms with Crippen molar-refractivity contribution in [1.29, 1.82) is 0 Å². The molecular formula is C15H26O11. The summed E-state index contributed by atoms with van der Waals surface area (Å²) in [6.45, 7) is 0.00144. The molecule has 2 heterocycles. The highest BCUT2D eigenvalue weighted by molar-refractivity contribution is 5.76. The van der Waals surface area contributed by atoms with Crippen LogP contribution in [0.3, 0.4) is 0 Å². The van der Waals surface area contributed by atoms with Crippen molar-refractivity contribution < 1.29 is 54.8 Å². The molecule has 7 N–H and O–H groups in total. The summed E-state index contributed by atoms with van der Waals surface area (Å²) in [5, 5.41) is 68.1. The highest BCUT2D eigenvalue weighted by atomic mass is 16.7. The molecule has 11 nitrogen and oxygen atoms in total. The van der Waals surface area contributed by atoms with Crippen LogP contribution in [0, 0.1) is 0 Å². The van der Waals surface area contributed by atoms with Gasteiger partial charge >= 0.3 is 0 Å². The predicted molar refractivity (Wildman–Crippen MR) is 81.7 cm³/mol. The molecule has 0 aliphatic carbocycles. The van der Waals surface area contributed by atoms with Crippen LogP contribution in [0.15, 0.2) is 0 Å². The molecule has 152 valence electrons. The van der Waals surface area contributed by atoms with Crippen LogP contribution in [0.2, 0.25) is 0 Å². The van der Waals surface area contributed by atoms with Gasteiger partial charge < -0.3 is 50.0 Å². The zero-order valence-electron chi connectivity index (χ0n) is 14.2. The van der Waals surface area contributed by atoms with E-state index in [9.17, 15) is 35.4 Å². The average molecular weight is 382 g/mol. The highest BCUT2D eigenvalue weighted by Gasteiger charge is 2.51. The first-order valence-corrected chi connectivity index (χ1v) is 8.29. The summed E-state index contributed by atoms with van der Waals surface area (Å²) in [7, 11) is 0. The van der Waals surface area contributed by atoms with Crippen LogP contribution in [0.1, 0.15) is 13.3 Å². The van der Waals surface area contributed by atoms with Gasteiger partial charge in [-0.1, -0.05) is 0 Å². The van der Waals surface area contributed by atoms with Gasteiger partial charge in [0.05, 0.1) is 19.3 Å². The van der Waals surface area contributed by atoms with E-state index in [4.69, 9.17) is 19.3 Å². The first kappa shape index (κ1) is 21.6. The van der Waals surface area contributed by atoms with Crippen molar-refractivity contribution >= 4 is 5.78 Å². The number of carbonyl (C=O) groups excluding carboxylic acids is 1. The monoisotopic (exact) mass is 382 g/mol. The Balaban J connectivity index is 2.15. The second-order valence-electron chi connectivity index (χ2n) is 6.58. The molecule has 0 aromatic carbocycles. The molecule has 2 rings (SSSR count). The highest BCUT2D eigenvalue weighted by Crippen LogP contribution is 2.31. The first-order chi connectivity index (χ1) is 12.2. The van der Waals surface area contributed by atoms with Crippen LogP contribution in [0.5, 0.6) is 0 Å². The number of ether oxygens (including phenoxy) is 3. The zero-order valence-corrected chi connectivity index (χ0v) is 14.2. The largest absolute Gasteiger partial charge is 0.394 e. The lowest BCUT2D eigenvalue weighted by Crippen LogP contribution is -2.62. The number of hydrogen-bond donors (Lipinski definition) is 7. The molecule has 0 bridgehead atoms. The Kier molecular flexibility index (Phi) is 7.44. The molecule has 2 aliphatic rings. The Bertz CT molecular complexity index is 475. The van der Waals surface area contributed by atoms with Crippen LogP contribution in [0.25, 0.3) is 0 Å². The van der Waals surface area contributed by atoms with E-state index in [0.29, 0.717) is 0 Å². The normalized spacial score (nSPS) is 44.8. The van der Waals surface area contributed by atoms with Crippen molar-refractivity contribution in [2.24, 2.45) is 0 Å². The van der Waals surface area contributed by atoms with Crippen molar-refractivity contribution in [3.8, 4) is 0 Å². The third-order valence-corrected chi connectivity index (χ3v) is 4.57. The van der Waals surface area contributed by atoms with Gasteiger partial charge in [0.25, 0.3) is 0 Å². The lowest BCUT2D eigenvalue weighted by atomic mass is 9.95. The molecule has 2 saturated heterocycles. The molecule has 26 heavy (non-hydrogen) atoms. The topological polar surface area (TPSA) is 186 Å². The van der Waals surface area contributed by atoms with E-state index in [-0.39, 0.29) is 12.2 Å². The Morgan fingerprint density at radius 3 is 2.19 bits per heavy atom. The van der Waals surface area contributed by atoms with Gasteiger partial charge in [0, 0.05) is 6.42 Å². The first-order valence-electron chi connectivity index (χ1n) is 8.29. The molecule has 0 aromatic heterocycles. The molecule has 0 unspecified atom stereocenters. The van der Waals surface area contributed by atoms with Crippen LogP contribution in [-0.4, -0.2) is 116 Å². The molecule has 11 heteroatoms. The van der Waals surface area contributed by atoms with Gasteiger partial charge in [-0.15, -0.1) is 0 Å². The Morgan fingerprint density at radius 2 is 1.65 bits per heavy atom. The number of rotatable bonds is 7. The summed E-state index contributed by atoms with van der Waals surface area (Å²) in [5.41, 5.74) is 0. The number of Topliss-reactive ketones (excluding diaryl/α,β-unsaturated/α-hetero) is 1. The Morgan fingerprint density at radius 1 is 1.00 bits per heavy atom. The summed E-state index contributed by atoms with van der Waals surface area (Å²) in [6.07, 6.45) is -14.4. The number of hydrogen-bond acceptors (Lipinski definition) is 11. The zero-order chi connectivity index (χ0) is 19.6. The van der Waals surface area contributed by atoms with Gasteiger partial charge in [-0.2, -0.15) is 0 Å². The Hall–Kier alpha value is -0.730. The number of carbonyl (C=O) groups is 1. The van der Waals surface area contributed by atoms with Gasteiger partial charge in [-0.05, 0) is 6.92 Å². The van der Waals surface area contributed by atoms with E-state index in [2.05, 4.69) is 0 Å². The summed E-state index contributed by atoms with van der Waals surface area (Å²) in [6, 6.07) is 0. The van der Waals surface area contributed by atoms with Crippen molar-refractivity contribution in [2.75, 3.05) is 13.2 Å². The van der Waals surface area contributed by atoms with E-state index in [1.165, 1.54) is 6.92 Å². The molecular weight excluding hydrogens is 356 g/mol. The lowest BCUT2D eigenvalue weighted by molar-refractivity contribution is -0.326. The third-order valence-electron chi connectivity index (χ3n) is 4.57. The van der Waals surface area contributed by atoms with E-state index in [1.54, 1.807) is 0 Å². The minimum absolute atomic E-state index is 0.130. The predicted octanol–water partition coefficient (Wildman–Crippen LogP) is -4.37. The van der Waals surface area contributed by atoms with E-state index in [1.807, 2.05) is 0 Å². The number of aliphatic hydroxyl groups excluding tert-OH is 7. The summed E-state index contributed by atoms with van der Waals surface area (Å²) >= 11 is 0. The summed E-state index contributed by atoms with van der Waals surface area (Å²) in [4.78, 5) is 11.4. The maximum atomic E-state index is 11.4. The second kappa shape index (κ2) is 8.97. The quantitative estimate of drug-likeness (QED) is 0.225. The van der Waals surface area contributed by atoms with E-state index in [0.717, 1.165) is 0 Å². The standard InChI is InChI=1S/C15H26O11/c1-5(18)2-7-14(9(20)8(4-17)24-7)26-15-12(23)10(21)11(22)13(25-15)6(19)3-16/h6-17,19-23H,2-4H2,1H3/t6-,7+,8+,9+,10-,11-,12-,13+,14+,15+/m0/s1. The SMILES string of the molecule is CC(=O)C[C@H]1O[C@H](CO)[C@@H](O)[C@@H]1O[C@H]1O[C@H]([C@@H](O)CO)[C@@H](O)[C@H](O)[C@@H]1O. The maximum absolute atomic E-state index is 11.4.